The number of thiophene rings is 1. The van der Waals surface area contributed by atoms with Crippen LogP contribution in [0.4, 0.5) is 0 Å². The number of aryl methyl sites for hydroxylation is 2. The Morgan fingerprint density at radius 3 is 2.17 bits per heavy atom. The molecule has 8 rings (SSSR count). The maximum atomic E-state index is 5.16. The number of hydrogen-bond acceptors (Lipinski definition) is 3. The predicted octanol–water partition coefficient (Wildman–Crippen LogP) is 11.7. The van der Waals surface area contributed by atoms with Crippen LogP contribution < -0.4 is 0 Å². The molecule has 0 saturated heterocycles. The van der Waals surface area contributed by atoms with E-state index in [4.69, 9.17) is 4.98 Å². The molecular formula is C43H35IrN3S-2. The molecule has 0 unspecified atom stereocenters. The number of aromatic nitrogens is 3. The van der Waals surface area contributed by atoms with E-state index < -0.39 is 0 Å². The minimum Gasteiger partial charge on any atom is -0.333 e. The number of pyridine rings is 1. The number of benzene rings is 5. The molecule has 0 atom stereocenters. The van der Waals surface area contributed by atoms with E-state index in [2.05, 4.69) is 134 Å². The van der Waals surface area contributed by atoms with E-state index in [1.54, 1.807) is 17.5 Å². The standard InChI is InChI=1S/C32H27N2S.C11H8N.Ir/c1-20(2)24-14-15-30-26(18-24)27(19-35-30)32-33-28-12-8-9-13-29(28)34(32)31-21(3)16-25(17-22(31)4)23-10-6-5-7-11-23;1-2-6-10(7-3-1)11-8-4-5-9-12-11;/h5-18,20H,1-4H3;1-6,8-9H;/q2*-1;. The van der Waals surface area contributed by atoms with Crippen molar-refractivity contribution in [3.63, 3.8) is 0 Å². The van der Waals surface area contributed by atoms with Crippen LogP contribution in [0.3, 0.4) is 0 Å². The number of imidazole rings is 1. The summed E-state index contributed by atoms with van der Waals surface area (Å²) in [5.74, 6) is 1.43. The van der Waals surface area contributed by atoms with Crippen molar-refractivity contribution in [2.45, 2.75) is 33.6 Å². The molecule has 3 heterocycles. The van der Waals surface area contributed by atoms with Crippen LogP contribution in [0.15, 0.2) is 134 Å². The van der Waals surface area contributed by atoms with E-state index in [-0.39, 0.29) is 20.1 Å². The first-order valence-electron chi connectivity index (χ1n) is 15.9. The van der Waals surface area contributed by atoms with Crippen LogP contribution in [-0.4, -0.2) is 14.5 Å². The number of rotatable bonds is 5. The first-order valence-corrected chi connectivity index (χ1v) is 16.8. The fourth-order valence-corrected chi connectivity index (χ4v) is 6.94. The van der Waals surface area contributed by atoms with Crippen molar-refractivity contribution in [3.05, 3.63) is 162 Å². The van der Waals surface area contributed by atoms with Crippen molar-refractivity contribution in [1.29, 1.82) is 0 Å². The van der Waals surface area contributed by atoms with Crippen LogP contribution in [0.5, 0.6) is 0 Å². The van der Waals surface area contributed by atoms with Crippen molar-refractivity contribution < 1.29 is 20.1 Å². The summed E-state index contributed by atoms with van der Waals surface area (Å²) in [5.41, 5.74) is 12.7. The fourth-order valence-electron chi connectivity index (χ4n) is 6.12. The van der Waals surface area contributed by atoms with Crippen LogP contribution in [0.1, 0.15) is 36.5 Å². The largest absolute Gasteiger partial charge is 0.333 e. The van der Waals surface area contributed by atoms with Crippen molar-refractivity contribution >= 4 is 32.5 Å². The molecule has 0 amide bonds. The third kappa shape index (κ3) is 6.68. The Balaban J connectivity index is 0.000000260. The van der Waals surface area contributed by atoms with Gasteiger partial charge in [-0.2, -0.15) is 0 Å². The van der Waals surface area contributed by atoms with Crippen LogP contribution in [0, 0.1) is 25.3 Å². The van der Waals surface area contributed by atoms with Gasteiger partial charge in [0.15, 0.2) is 0 Å². The van der Waals surface area contributed by atoms with E-state index in [0.717, 1.165) is 33.7 Å². The maximum absolute atomic E-state index is 5.16. The molecule has 8 aromatic rings. The minimum absolute atomic E-state index is 0. The van der Waals surface area contributed by atoms with Gasteiger partial charge in [-0.15, -0.1) is 47.3 Å². The van der Waals surface area contributed by atoms with Gasteiger partial charge < -0.3 is 9.55 Å². The predicted molar refractivity (Wildman–Crippen MR) is 198 cm³/mol. The van der Waals surface area contributed by atoms with E-state index in [9.17, 15) is 0 Å². The summed E-state index contributed by atoms with van der Waals surface area (Å²) in [4.78, 5) is 9.38. The Labute approximate surface area is 300 Å². The topological polar surface area (TPSA) is 30.7 Å². The molecule has 3 nitrogen and oxygen atoms in total. The molecule has 48 heavy (non-hydrogen) atoms. The summed E-state index contributed by atoms with van der Waals surface area (Å²) in [6, 6.07) is 47.2. The van der Waals surface area contributed by atoms with E-state index in [0.29, 0.717) is 5.92 Å². The molecule has 239 valence electrons. The van der Waals surface area contributed by atoms with Gasteiger partial charge in [0.05, 0.1) is 16.9 Å². The molecule has 5 heteroatoms. The number of hydrogen-bond donors (Lipinski definition) is 0. The van der Waals surface area contributed by atoms with Crippen molar-refractivity contribution in [1.82, 2.24) is 14.5 Å². The molecule has 0 spiro atoms. The summed E-state index contributed by atoms with van der Waals surface area (Å²) >= 11 is 1.67. The second-order valence-electron chi connectivity index (χ2n) is 12.1. The average Bonchev–Trinajstić information content (AvgIpc) is 3.71. The zero-order chi connectivity index (χ0) is 32.3. The van der Waals surface area contributed by atoms with Crippen LogP contribution in [0.25, 0.3) is 60.6 Å². The van der Waals surface area contributed by atoms with Gasteiger partial charge in [0.2, 0.25) is 0 Å². The zero-order valence-corrected chi connectivity index (χ0v) is 30.6. The van der Waals surface area contributed by atoms with Gasteiger partial charge in [-0.25, -0.2) is 0 Å². The van der Waals surface area contributed by atoms with Crippen molar-refractivity contribution in [2.24, 2.45) is 0 Å². The molecule has 3 aromatic heterocycles. The summed E-state index contributed by atoms with van der Waals surface area (Å²) in [7, 11) is 0. The average molecular weight is 818 g/mol. The minimum atomic E-state index is 0. The maximum Gasteiger partial charge on any atom is 0.0774 e. The van der Waals surface area contributed by atoms with Gasteiger partial charge >= 0.3 is 0 Å². The summed E-state index contributed by atoms with van der Waals surface area (Å²) < 4.78 is 3.59. The summed E-state index contributed by atoms with van der Waals surface area (Å²) in [6.45, 7) is 8.90. The molecule has 0 saturated carbocycles. The second kappa shape index (κ2) is 14.6. The summed E-state index contributed by atoms with van der Waals surface area (Å²) in [6.07, 6.45) is 1.79. The Bertz CT molecular complexity index is 2230. The van der Waals surface area contributed by atoms with Crippen LogP contribution in [-0.2, 0) is 20.1 Å². The third-order valence-corrected chi connectivity index (χ3v) is 9.34. The fraction of sp³-hybridized carbons (Fsp3) is 0.116. The normalized spacial score (nSPS) is 10.9. The van der Waals surface area contributed by atoms with Gasteiger partial charge in [-0.05, 0) is 78.0 Å². The quantitative estimate of drug-likeness (QED) is 0.162. The number of para-hydroxylation sites is 2. The van der Waals surface area contributed by atoms with Gasteiger partial charge in [0, 0.05) is 32.0 Å². The Kier molecular flexibility index (Phi) is 10.1. The van der Waals surface area contributed by atoms with E-state index in [1.807, 2.05) is 42.5 Å². The van der Waals surface area contributed by atoms with Crippen molar-refractivity contribution in [2.75, 3.05) is 0 Å². The number of nitrogens with zero attached hydrogens (tertiary/aromatic N) is 3. The first-order chi connectivity index (χ1) is 23.0. The first kappa shape index (κ1) is 33.2. The zero-order valence-electron chi connectivity index (χ0n) is 27.4. The Morgan fingerprint density at radius 1 is 0.729 bits per heavy atom. The van der Waals surface area contributed by atoms with E-state index >= 15 is 0 Å². The van der Waals surface area contributed by atoms with Crippen molar-refractivity contribution in [3.8, 4) is 39.5 Å². The third-order valence-electron chi connectivity index (χ3n) is 8.46. The molecule has 0 N–H and O–H groups in total. The monoisotopic (exact) mass is 818 g/mol. The summed E-state index contributed by atoms with van der Waals surface area (Å²) in [5, 5.41) is 4.83. The molecular weight excluding hydrogens is 783 g/mol. The van der Waals surface area contributed by atoms with E-state index in [1.165, 1.54) is 43.6 Å². The number of fused-ring (bicyclic) bond motifs is 2. The molecule has 0 aliphatic rings. The van der Waals surface area contributed by atoms with Gasteiger partial charge in [-0.1, -0.05) is 102 Å². The van der Waals surface area contributed by atoms with Crippen LogP contribution >= 0.6 is 11.3 Å². The molecule has 0 aliphatic heterocycles. The Hall–Kier alpha value is -4.67. The Morgan fingerprint density at radius 2 is 1.46 bits per heavy atom. The van der Waals surface area contributed by atoms with Gasteiger partial charge in [0.25, 0.3) is 0 Å². The molecule has 5 aromatic carbocycles. The van der Waals surface area contributed by atoms with Crippen LogP contribution in [0.2, 0.25) is 0 Å². The second-order valence-corrected chi connectivity index (χ2v) is 12.9. The molecule has 1 radical (unpaired) electrons. The smallest absolute Gasteiger partial charge is 0.0774 e. The van der Waals surface area contributed by atoms with Gasteiger partial charge in [-0.3, -0.25) is 16.3 Å². The molecule has 0 fully saturated rings. The van der Waals surface area contributed by atoms with Gasteiger partial charge in [0.1, 0.15) is 0 Å². The molecule has 0 aliphatic carbocycles. The molecule has 0 bridgehead atoms. The SMILES string of the molecule is Cc1cc(-c2ccccc2)cc(C)c1-n1c(-c2[c-]sc3ccc(C(C)C)cc23)nc2ccccc21.[Ir].[c-]1ccccc1-c1ccccn1.